The fraction of sp³-hybridized carbons (Fsp3) is 0.250. The predicted octanol–water partition coefficient (Wildman–Crippen LogP) is 4.81. The lowest BCUT2D eigenvalue weighted by Crippen LogP contribution is -2.09. The SMILES string of the molecule is COc1ccc(OCCOc2ccc(Br)cc2)c(CBr)c1. The number of rotatable bonds is 7. The fourth-order valence-corrected chi connectivity index (χ4v) is 2.47. The molecule has 0 saturated heterocycles. The Morgan fingerprint density at radius 3 is 2.24 bits per heavy atom. The summed E-state index contributed by atoms with van der Waals surface area (Å²) in [5.74, 6) is 2.49. The zero-order valence-electron chi connectivity index (χ0n) is 11.6. The Labute approximate surface area is 141 Å². The average molecular weight is 416 g/mol. The molecule has 2 aromatic rings. The van der Waals surface area contributed by atoms with Crippen LogP contribution in [0.1, 0.15) is 5.56 Å². The van der Waals surface area contributed by atoms with Gasteiger partial charge in [0.15, 0.2) is 0 Å². The van der Waals surface area contributed by atoms with Gasteiger partial charge in [-0.05, 0) is 42.5 Å². The first-order chi connectivity index (χ1) is 10.2. The molecule has 21 heavy (non-hydrogen) atoms. The Bertz CT molecular complexity index is 570. The Morgan fingerprint density at radius 2 is 1.57 bits per heavy atom. The van der Waals surface area contributed by atoms with Crippen molar-refractivity contribution in [1.82, 2.24) is 0 Å². The van der Waals surface area contributed by atoms with Crippen LogP contribution in [0.3, 0.4) is 0 Å². The molecular weight excluding hydrogens is 400 g/mol. The summed E-state index contributed by atoms with van der Waals surface area (Å²) in [6.45, 7) is 0.984. The molecule has 3 nitrogen and oxygen atoms in total. The Kier molecular flexibility index (Phi) is 6.39. The zero-order valence-corrected chi connectivity index (χ0v) is 14.8. The molecule has 2 rings (SSSR count). The van der Waals surface area contributed by atoms with Crippen molar-refractivity contribution in [3.8, 4) is 17.2 Å². The van der Waals surface area contributed by atoms with Gasteiger partial charge < -0.3 is 14.2 Å². The summed E-state index contributed by atoms with van der Waals surface area (Å²) in [4.78, 5) is 0. The van der Waals surface area contributed by atoms with Crippen LogP contribution in [0.15, 0.2) is 46.9 Å². The van der Waals surface area contributed by atoms with E-state index in [1.165, 1.54) is 0 Å². The smallest absolute Gasteiger partial charge is 0.123 e. The molecule has 0 aliphatic heterocycles. The molecule has 0 bridgehead atoms. The van der Waals surface area contributed by atoms with E-state index in [-0.39, 0.29) is 0 Å². The van der Waals surface area contributed by atoms with Gasteiger partial charge in [-0.15, -0.1) is 0 Å². The minimum Gasteiger partial charge on any atom is -0.497 e. The molecule has 5 heteroatoms. The molecule has 0 aliphatic carbocycles. The lowest BCUT2D eigenvalue weighted by molar-refractivity contribution is 0.216. The molecule has 0 unspecified atom stereocenters. The van der Waals surface area contributed by atoms with Crippen LogP contribution in [-0.4, -0.2) is 20.3 Å². The minimum absolute atomic E-state index is 0.488. The maximum atomic E-state index is 5.75. The molecule has 0 aromatic heterocycles. The van der Waals surface area contributed by atoms with Crippen LogP contribution in [0.4, 0.5) is 0 Å². The second-order valence-corrected chi connectivity index (χ2v) is 5.73. The number of alkyl halides is 1. The third-order valence-electron chi connectivity index (χ3n) is 2.83. The van der Waals surface area contributed by atoms with Gasteiger partial charge in [0.05, 0.1) is 7.11 Å². The van der Waals surface area contributed by atoms with Gasteiger partial charge >= 0.3 is 0 Å². The van der Waals surface area contributed by atoms with E-state index < -0.39 is 0 Å². The number of methoxy groups -OCH3 is 1. The second-order valence-electron chi connectivity index (χ2n) is 4.26. The maximum Gasteiger partial charge on any atom is 0.123 e. The highest BCUT2D eigenvalue weighted by Gasteiger charge is 2.05. The van der Waals surface area contributed by atoms with Crippen molar-refractivity contribution in [2.24, 2.45) is 0 Å². The van der Waals surface area contributed by atoms with Crippen LogP contribution >= 0.6 is 31.9 Å². The quantitative estimate of drug-likeness (QED) is 0.479. The van der Waals surface area contributed by atoms with Crippen molar-refractivity contribution in [1.29, 1.82) is 0 Å². The third kappa shape index (κ3) is 4.93. The van der Waals surface area contributed by atoms with Crippen molar-refractivity contribution in [3.63, 3.8) is 0 Å². The van der Waals surface area contributed by atoms with E-state index in [2.05, 4.69) is 31.9 Å². The number of ether oxygens (including phenoxy) is 3. The fourth-order valence-electron chi connectivity index (χ4n) is 1.77. The number of halogens is 2. The largest absolute Gasteiger partial charge is 0.497 e. The van der Waals surface area contributed by atoms with E-state index in [0.717, 1.165) is 27.3 Å². The van der Waals surface area contributed by atoms with Gasteiger partial charge in [-0.3, -0.25) is 0 Å². The van der Waals surface area contributed by atoms with Crippen LogP contribution in [0.2, 0.25) is 0 Å². The number of hydrogen-bond donors (Lipinski definition) is 0. The van der Waals surface area contributed by atoms with Crippen LogP contribution < -0.4 is 14.2 Å². The third-order valence-corrected chi connectivity index (χ3v) is 3.97. The van der Waals surface area contributed by atoms with Gasteiger partial charge in [0.25, 0.3) is 0 Å². The van der Waals surface area contributed by atoms with E-state index in [0.29, 0.717) is 18.5 Å². The maximum absolute atomic E-state index is 5.75. The summed E-state index contributed by atoms with van der Waals surface area (Å²) in [5.41, 5.74) is 1.05. The van der Waals surface area contributed by atoms with Crippen molar-refractivity contribution < 1.29 is 14.2 Å². The Morgan fingerprint density at radius 1 is 0.905 bits per heavy atom. The van der Waals surface area contributed by atoms with E-state index in [1.807, 2.05) is 42.5 Å². The standard InChI is InChI=1S/C16H16Br2O3/c1-19-15-6-7-16(12(10-15)11-17)21-9-8-20-14-4-2-13(18)3-5-14/h2-7,10H,8-9,11H2,1H3. The highest BCUT2D eigenvalue weighted by molar-refractivity contribution is 9.10. The summed E-state index contributed by atoms with van der Waals surface area (Å²) < 4.78 is 17.6. The Hall–Kier alpha value is -1.20. The molecule has 0 radical (unpaired) electrons. The van der Waals surface area contributed by atoms with Crippen molar-refractivity contribution in [3.05, 3.63) is 52.5 Å². The van der Waals surface area contributed by atoms with Crippen LogP contribution in [0.25, 0.3) is 0 Å². The topological polar surface area (TPSA) is 27.7 Å². The lowest BCUT2D eigenvalue weighted by Gasteiger charge is -2.12. The van der Waals surface area contributed by atoms with Crippen molar-refractivity contribution in [2.75, 3.05) is 20.3 Å². The van der Waals surface area contributed by atoms with Gasteiger partial charge in [-0.2, -0.15) is 0 Å². The number of hydrogen-bond acceptors (Lipinski definition) is 3. The van der Waals surface area contributed by atoms with Gasteiger partial charge in [-0.25, -0.2) is 0 Å². The van der Waals surface area contributed by atoms with E-state index >= 15 is 0 Å². The predicted molar refractivity (Wildman–Crippen MR) is 90.8 cm³/mol. The first-order valence-electron chi connectivity index (χ1n) is 6.47. The summed E-state index contributed by atoms with van der Waals surface area (Å²) in [6, 6.07) is 13.5. The van der Waals surface area contributed by atoms with Crippen molar-refractivity contribution in [2.45, 2.75) is 5.33 Å². The van der Waals surface area contributed by atoms with Gasteiger partial charge in [-0.1, -0.05) is 31.9 Å². The first-order valence-corrected chi connectivity index (χ1v) is 8.38. The van der Waals surface area contributed by atoms with Gasteiger partial charge in [0, 0.05) is 15.4 Å². The molecule has 2 aromatic carbocycles. The highest BCUT2D eigenvalue weighted by atomic mass is 79.9. The van der Waals surface area contributed by atoms with Gasteiger partial charge in [0.1, 0.15) is 30.5 Å². The highest BCUT2D eigenvalue weighted by Crippen LogP contribution is 2.26. The summed E-state index contributed by atoms with van der Waals surface area (Å²) in [7, 11) is 1.65. The normalized spacial score (nSPS) is 10.2. The molecule has 0 saturated carbocycles. The summed E-state index contributed by atoms with van der Waals surface area (Å²) in [6.07, 6.45) is 0. The van der Waals surface area contributed by atoms with E-state index in [9.17, 15) is 0 Å². The number of benzene rings is 2. The Balaban J connectivity index is 1.84. The molecule has 0 heterocycles. The van der Waals surface area contributed by atoms with E-state index in [1.54, 1.807) is 7.11 Å². The molecule has 0 atom stereocenters. The molecule has 0 N–H and O–H groups in total. The molecule has 0 amide bonds. The van der Waals surface area contributed by atoms with Crippen LogP contribution in [0.5, 0.6) is 17.2 Å². The second kappa shape index (κ2) is 8.29. The molecule has 112 valence electrons. The lowest BCUT2D eigenvalue weighted by atomic mass is 10.2. The first kappa shape index (κ1) is 16.2. The zero-order chi connectivity index (χ0) is 15.1. The average Bonchev–Trinajstić information content (AvgIpc) is 2.53. The van der Waals surface area contributed by atoms with Gasteiger partial charge in [0.2, 0.25) is 0 Å². The van der Waals surface area contributed by atoms with Crippen LogP contribution in [0, 0.1) is 0 Å². The van der Waals surface area contributed by atoms with E-state index in [4.69, 9.17) is 14.2 Å². The molecule has 0 spiro atoms. The monoisotopic (exact) mass is 414 g/mol. The minimum atomic E-state index is 0.488. The van der Waals surface area contributed by atoms with Crippen LogP contribution in [-0.2, 0) is 5.33 Å². The van der Waals surface area contributed by atoms with Crippen molar-refractivity contribution >= 4 is 31.9 Å². The molecule has 0 aliphatic rings. The molecule has 0 fully saturated rings. The summed E-state index contributed by atoms with van der Waals surface area (Å²) >= 11 is 6.84. The molecular formula is C16H16Br2O3. The summed E-state index contributed by atoms with van der Waals surface area (Å²) in [5, 5.41) is 0.715.